The van der Waals surface area contributed by atoms with Crippen molar-refractivity contribution in [3.05, 3.63) is 66.5 Å². The van der Waals surface area contributed by atoms with Gasteiger partial charge in [0.25, 0.3) is 5.91 Å². The summed E-state index contributed by atoms with van der Waals surface area (Å²) in [4.78, 5) is 12.5. The van der Waals surface area contributed by atoms with Gasteiger partial charge in [-0.05, 0) is 75.9 Å². The van der Waals surface area contributed by atoms with Crippen LogP contribution in [0.4, 0.5) is 0 Å². The van der Waals surface area contributed by atoms with E-state index in [4.69, 9.17) is 9.47 Å². The molecule has 0 radical (unpaired) electrons. The van der Waals surface area contributed by atoms with Crippen molar-refractivity contribution in [2.45, 2.75) is 51.1 Å². The van der Waals surface area contributed by atoms with Crippen LogP contribution in [0.25, 0.3) is 0 Å². The van der Waals surface area contributed by atoms with Crippen LogP contribution in [0.5, 0.6) is 5.75 Å². The Morgan fingerprint density at radius 1 is 1.12 bits per heavy atom. The van der Waals surface area contributed by atoms with Gasteiger partial charge in [0.15, 0.2) is 0 Å². The molecule has 0 saturated carbocycles. The lowest BCUT2D eigenvalue weighted by Gasteiger charge is -2.14. The smallest absolute Gasteiger partial charge is 0.255 e. The summed E-state index contributed by atoms with van der Waals surface area (Å²) in [5, 5.41) is 9.47. The van der Waals surface area contributed by atoms with Crippen LogP contribution in [0.3, 0.4) is 0 Å². The normalized spacial score (nSPS) is 16.2. The molecule has 0 aliphatic carbocycles. The number of carbonyl (C=O) groups is 1. The highest BCUT2D eigenvalue weighted by Gasteiger charge is 2.17. The minimum absolute atomic E-state index is 0.167. The number of amides is 1. The van der Waals surface area contributed by atoms with E-state index in [1.54, 1.807) is 6.08 Å². The van der Waals surface area contributed by atoms with E-state index >= 15 is 0 Å². The van der Waals surface area contributed by atoms with Gasteiger partial charge >= 0.3 is 0 Å². The van der Waals surface area contributed by atoms with Crippen LogP contribution in [0.2, 0.25) is 0 Å². The first kappa shape index (κ1) is 25.7. The van der Waals surface area contributed by atoms with Crippen LogP contribution < -0.4 is 20.7 Å². The molecule has 1 aliphatic rings. The summed E-state index contributed by atoms with van der Waals surface area (Å²) in [6.45, 7) is 11.3. The number of rotatable bonds is 16. The molecule has 6 heteroatoms. The van der Waals surface area contributed by atoms with E-state index in [-0.39, 0.29) is 5.91 Å². The first-order valence-electron chi connectivity index (χ1n) is 11.7. The molecule has 1 saturated heterocycles. The molecular formula is C26H39N3O3. The molecule has 1 amide bonds. The zero-order chi connectivity index (χ0) is 23.0. The minimum Gasteiger partial charge on any atom is -0.494 e. The average molecular weight is 442 g/mol. The number of allylic oxidation sites excluding steroid dienone is 1. The van der Waals surface area contributed by atoms with Crippen molar-refractivity contribution in [1.82, 2.24) is 16.0 Å². The van der Waals surface area contributed by atoms with E-state index in [1.807, 2.05) is 19.2 Å². The van der Waals surface area contributed by atoms with E-state index < -0.39 is 0 Å². The number of hydrogen-bond donors (Lipinski definition) is 3. The van der Waals surface area contributed by atoms with Gasteiger partial charge in [0, 0.05) is 19.1 Å². The minimum atomic E-state index is -0.167. The number of benzene rings is 1. The van der Waals surface area contributed by atoms with E-state index in [2.05, 4.69) is 41.2 Å². The maximum atomic E-state index is 12.5. The predicted molar refractivity (Wildman–Crippen MR) is 131 cm³/mol. The Morgan fingerprint density at radius 2 is 1.88 bits per heavy atom. The van der Waals surface area contributed by atoms with Gasteiger partial charge in [-0.1, -0.05) is 31.4 Å². The van der Waals surface area contributed by atoms with Crippen molar-refractivity contribution in [1.29, 1.82) is 0 Å². The summed E-state index contributed by atoms with van der Waals surface area (Å²) in [6, 6.07) is 8.54. The molecule has 1 aromatic carbocycles. The van der Waals surface area contributed by atoms with Crippen LogP contribution in [0, 0.1) is 0 Å². The summed E-state index contributed by atoms with van der Waals surface area (Å²) < 4.78 is 11.6. The summed E-state index contributed by atoms with van der Waals surface area (Å²) in [5.74, 6) is 1.23. The zero-order valence-corrected chi connectivity index (χ0v) is 19.5. The van der Waals surface area contributed by atoms with E-state index in [0.29, 0.717) is 37.1 Å². The molecule has 0 aromatic heterocycles. The van der Waals surface area contributed by atoms with E-state index in [9.17, 15) is 4.79 Å². The Hall–Kier alpha value is -2.57. The lowest BCUT2D eigenvalue weighted by atomic mass is 10.1. The van der Waals surface area contributed by atoms with Gasteiger partial charge in [-0.2, -0.15) is 0 Å². The van der Waals surface area contributed by atoms with Gasteiger partial charge in [-0.15, -0.1) is 0 Å². The summed E-state index contributed by atoms with van der Waals surface area (Å²) in [7, 11) is 1.94. The Morgan fingerprint density at radius 3 is 2.50 bits per heavy atom. The van der Waals surface area contributed by atoms with Crippen molar-refractivity contribution in [3.63, 3.8) is 0 Å². The van der Waals surface area contributed by atoms with Crippen molar-refractivity contribution >= 4 is 5.91 Å². The highest BCUT2D eigenvalue weighted by molar-refractivity contribution is 5.97. The van der Waals surface area contributed by atoms with Crippen molar-refractivity contribution < 1.29 is 14.3 Å². The highest BCUT2D eigenvalue weighted by atomic mass is 16.5. The Bertz CT molecular complexity index is 737. The molecule has 1 aromatic rings. The number of nitrogens with one attached hydrogen (secondary N) is 3. The van der Waals surface area contributed by atoms with Crippen LogP contribution in [0.15, 0.2) is 60.9 Å². The molecular weight excluding hydrogens is 402 g/mol. The first-order chi connectivity index (χ1) is 15.7. The van der Waals surface area contributed by atoms with Crippen LogP contribution in [-0.4, -0.2) is 45.3 Å². The van der Waals surface area contributed by atoms with Gasteiger partial charge in [0.1, 0.15) is 11.5 Å². The second kappa shape index (κ2) is 15.3. The molecule has 2 rings (SSSR count). The fourth-order valence-corrected chi connectivity index (χ4v) is 3.63. The third-order valence-electron chi connectivity index (χ3n) is 5.44. The number of ether oxygens (including phenoxy) is 2. The van der Waals surface area contributed by atoms with Gasteiger partial charge < -0.3 is 25.4 Å². The topological polar surface area (TPSA) is 71.6 Å². The lowest BCUT2D eigenvalue weighted by Crippen LogP contribution is -2.37. The van der Waals surface area contributed by atoms with Gasteiger partial charge in [0.2, 0.25) is 0 Å². The lowest BCUT2D eigenvalue weighted by molar-refractivity contribution is -0.117. The Balaban J connectivity index is 1.61. The maximum absolute atomic E-state index is 12.5. The van der Waals surface area contributed by atoms with E-state index in [1.165, 1.54) is 11.6 Å². The largest absolute Gasteiger partial charge is 0.494 e. The van der Waals surface area contributed by atoms with Gasteiger partial charge in [0.05, 0.1) is 18.8 Å². The predicted octanol–water partition coefficient (Wildman–Crippen LogP) is 3.86. The SMILES string of the molecule is C=CC(OCCCCCCOc1ccc(CNC)cc1)=C(C=C)C(=O)NCC1CCCN1. The zero-order valence-electron chi connectivity index (χ0n) is 19.5. The van der Waals surface area contributed by atoms with E-state index in [0.717, 1.165) is 57.4 Å². The van der Waals surface area contributed by atoms with Crippen molar-refractivity contribution in [2.75, 3.05) is 33.4 Å². The molecule has 0 spiro atoms. The fourth-order valence-electron chi connectivity index (χ4n) is 3.63. The molecule has 1 aliphatic heterocycles. The third kappa shape index (κ3) is 9.28. The highest BCUT2D eigenvalue weighted by Crippen LogP contribution is 2.14. The van der Waals surface area contributed by atoms with Gasteiger partial charge in [-0.25, -0.2) is 0 Å². The molecule has 1 atom stereocenters. The third-order valence-corrected chi connectivity index (χ3v) is 5.44. The van der Waals surface area contributed by atoms with Crippen LogP contribution >= 0.6 is 0 Å². The Labute approximate surface area is 193 Å². The fraction of sp³-hybridized carbons (Fsp3) is 0.500. The van der Waals surface area contributed by atoms with Crippen molar-refractivity contribution in [3.8, 4) is 5.75 Å². The summed E-state index contributed by atoms with van der Waals surface area (Å²) in [5.41, 5.74) is 1.68. The molecule has 1 fully saturated rings. The molecule has 6 nitrogen and oxygen atoms in total. The molecule has 32 heavy (non-hydrogen) atoms. The van der Waals surface area contributed by atoms with Crippen LogP contribution in [-0.2, 0) is 16.1 Å². The molecule has 3 N–H and O–H groups in total. The van der Waals surface area contributed by atoms with Crippen LogP contribution in [0.1, 0.15) is 44.1 Å². The van der Waals surface area contributed by atoms with Crippen molar-refractivity contribution in [2.24, 2.45) is 0 Å². The second-order valence-corrected chi connectivity index (χ2v) is 7.97. The Kier molecular flexibility index (Phi) is 12.3. The maximum Gasteiger partial charge on any atom is 0.255 e. The number of carbonyl (C=O) groups excluding carboxylic acids is 1. The monoisotopic (exact) mass is 441 g/mol. The standard InChI is InChI=1S/C26H39N3O3/c1-4-24(26(30)29-20-22-11-10-16-28-22)25(5-2)32-18-9-7-6-8-17-31-23-14-12-21(13-15-23)19-27-3/h4-5,12-15,22,27-28H,1-2,6-11,16-20H2,3H3,(H,29,30). The first-order valence-corrected chi connectivity index (χ1v) is 11.7. The quantitative estimate of drug-likeness (QED) is 0.157. The molecule has 176 valence electrons. The second-order valence-electron chi connectivity index (χ2n) is 7.97. The molecule has 0 bridgehead atoms. The molecule has 1 heterocycles. The summed E-state index contributed by atoms with van der Waals surface area (Å²) in [6.07, 6.45) is 9.38. The van der Waals surface area contributed by atoms with Gasteiger partial charge in [-0.3, -0.25) is 4.79 Å². The number of unbranched alkanes of at least 4 members (excludes halogenated alkanes) is 3. The average Bonchev–Trinajstić information content (AvgIpc) is 3.33. The molecule has 1 unspecified atom stereocenters. The summed E-state index contributed by atoms with van der Waals surface area (Å²) >= 11 is 0. The number of hydrogen-bond acceptors (Lipinski definition) is 5.